The van der Waals surface area contributed by atoms with Crippen molar-refractivity contribution in [1.29, 1.82) is 0 Å². The first-order valence-corrected chi connectivity index (χ1v) is 11.4. The van der Waals surface area contributed by atoms with Crippen LogP contribution in [0.25, 0.3) is 10.2 Å². The van der Waals surface area contributed by atoms with Gasteiger partial charge in [0.2, 0.25) is 5.91 Å². The molecule has 1 heterocycles. The second-order valence-corrected chi connectivity index (χ2v) is 8.92. The summed E-state index contributed by atoms with van der Waals surface area (Å²) in [6.07, 6.45) is 0.244. The molecule has 0 radical (unpaired) electrons. The Kier molecular flexibility index (Phi) is 7.44. The van der Waals surface area contributed by atoms with Crippen LogP contribution in [0.3, 0.4) is 0 Å². The number of fused-ring (bicyclic) bond motifs is 1. The lowest BCUT2D eigenvalue weighted by Crippen LogP contribution is -2.23. The zero-order valence-electron chi connectivity index (χ0n) is 17.1. The maximum atomic E-state index is 13.0. The van der Waals surface area contributed by atoms with Crippen molar-refractivity contribution in [3.63, 3.8) is 0 Å². The van der Waals surface area contributed by atoms with E-state index in [9.17, 15) is 14.0 Å². The van der Waals surface area contributed by atoms with Crippen molar-refractivity contribution >= 4 is 45.2 Å². The average molecular weight is 447 g/mol. The Bertz CT molecular complexity index is 1130. The number of rotatable bonds is 7. The Balaban J connectivity index is 1.83. The van der Waals surface area contributed by atoms with Gasteiger partial charge < -0.3 is 9.30 Å². The minimum Gasteiger partial charge on any atom is -0.465 e. The smallest absolute Gasteiger partial charge is 0.326 e. The van der Waals surface area contributed by atoms with E-state index in [0.717, 1.165) is 26.2 Å². The van der Waals surface area contributed by atoms with Gasteiger partial charge in [0.1, 0.15) is 12.4 Å². The highest BCUT2D eigenvalue weighted by atomic mass is 32.2. The second-order valence-electron chi connectivity index (χ2n) is 6.74. The quantitative estimate of drug-likeness (QED) is 0.392. The van der Waals surface area contributed by atoms with Crippen molar-refractivity contribution < 1.29 is 18.7 Å². The fraction of sp³-hybridized carbons (Fsp3) is 0.318. The predicted molar refractivity (Wildman–Crippen MR) is 118 cm³/mol. The number of thioether (sulfide) groups is 1. The maximum Gasteiger partial charge on any atom is 0.326 e. The first-order chi connectivity index (χ1) is 14.4. The van der Waals surface area contributed by atoms with Crippen molar-refractivity contribution in [2.24, 2.45) is 4.99 Å². The molecular formula is C22H23FN2O3S2. The number of benzene rings is 2. The summed E-state index contributed by atoms with van der Waals surface area (Å²) in [5.74, 6) is -0.375. The molecule has 0 unspecified atom stereocenters. The van der Waals surface area contributed by atoms with Crippen molar-refractivity contribution in [3.05, 3.63) is 58.1 Å². The van der Waals surface area contributed by atoms with Crippen LogP contribution in [0.15, 0.2) is 46.3 Å². The van der Waals surface area contributed by atoms with Gasteiger partial charge in [-0.1, -0.05) is 11.3 Å². The first-order valence-electron chi connectivity index (χ1n) is 9.59. The number of hydrogen-bond acceptors (Lipinski definition) is 5. The van der Waals surface area contributed by atoms with E-state index in [1.165, 1.54) is 35.2 Å². The summed E-state index contributed by atoms with van der Waals surface area (Å²) in [5, 5.41) is 0. The molecule has 3 rings (SSSR count). The van der Waals surface area contributed by atoms with Gasteiger partial charge in [0.05, 0.1) is 16.8 Å². The number of esters is 1. The minimum absolute atomic E-state index is 0.00673. The molecule has 0 saturated carbocycles. The standard InChI is InChI=1S/C22H23FN2O3S2/c1-4-28-21(27)13-25-18-11-14(2)15(3)12-19(18)30-22(25)24-20(26)9-10-29-17-7-5-16(23)6-8-17/h5-8,11-12H,4,9-10,13H2,1-3H3. The topological polar surface area (TPSA) is 60.7 Å². The third-order valence-electron chi connectivity index (χ3n) is 4.51. The summed E-state index contributed by atoms with van der Waals surface area (Å²) in [4.78, 5) is 30.2. The summed E-state index contributed by atoms with van der Waals surface area (Å²) in [5.41, 5.74) is 3.11. The molecule has 0 saturated heterocycles. The van der Waals surface area contributed by atoms with Crippen molar-refractivity contribution in [3.8, 4) is 0 Å². The summed E-state index contributed by atoms with van der Waals surface area (Å²) >= 11 is 2.86. The number of amides is 1. The Morgan fingerprint density at radius 1 is 1.17 bits per heavy atom. The van der Waals surface area contributed by atoms with Crippen molar-refractivity contribution in [2.45, 2.75) is 38.6 Å². The molecule has 0 aliphatic carbocycles. The number of carbonyl (C=O) groups excluding carboxylic acids is 2. The number of carbonyl (C=O) groups is 2. The second kappa shape index (κ2) is 10.0. The highest BCUT2D eigenvalue weighted by molar-refractivity contribution is 7.99. The van der Waals surface area contributed by atoms with Gasteiger partial charge in [0.15, 0.2) is 4.80 Å². The van der Waals surface area contributed by atoms with Crippen LogP contribution in [0, 0.1) is 19.7 Å². The van der Waals surface area contributed by atoms with Crippen LogP contribution in [0.5, 0.6) is 0 Å². The fourth-order valence-electron chi connectivity index (χ4n) is 2.84. The van der Waals surface area contributed by atoms with Crippen LogP contribution < -0.4 is 4.80 Å². The van der Waals surface area contributed by atoms with E-state index >= 15 is 0 Å². The van der Waals surface area contributed by atoms with E-state index in [1.807, 2.05) is 26.0 Å². The largest absolute Gasteiger partial charge is 0.465 e. The highest BCUT2D eigenvalue weighted by Gasteiger charge is 2.13. The summed E-state index contributed by atoms with van der Waals surface area (Å²) < 4.78 is 20.8. The molecule has 0 N–H and O–H groups in total. The summed E-state index contributed by atoms with van der Waals surface area (Å²) in [6.45, 7) is 6.10. The monoisotopic (exact) mass is 446 g/mol. The molecule has 0 bridgehead atoms. The number of ether oxygens (including phenoxy) is 1. The normalized spacial score (nSPS) is 11.8. The van der Waals surface area contributed by atoms with Gasteiger partial charge in [0, 0.05) is 17.1 Å². The molecule has 1 aromatic heterocycles. The number of aryl methyl sites for hydroxylation is 2. The molecular weight excluding hydrogens is 423 g/mol. The molecule has 158 valence electrons. The van der Waals surface area contributed by atoms with Crippen LogP contribution in [-0.4, -0.2) is 28.8 Å². The molecule has 5 nitrogen and oxygen atoms in total. The number of halogens is 1. The Hall–Kier alpha value is -2.45. The maximum absolute atomic E-state index is 13.0. The summed E-state index contributed by atoms with van der Waals surface area (Å²) in [6, 6.07) is 10.2. The van der Waals surface area contributed by atoms with Gasteiger partial charge in [-0.3, -0.25) is 9.59 Å². The molecule has 3 aromatic rings. The van der Waals surface area contributed by atoms with Gasteiger partial charge in [-0.25, -0.2) is 4.39 Å². The van der Waals surface area contributed by atoms with E-state index in [0.29, 0.717) is 17.2 Å². The molecule has 0 fully saturated rings. The number of nitrogens with zero attached hydrogens (tertiary/aromatic N) is 2. The number of aromatic nitrogens is 1. The summed E-state index contributed by atoms with van der Waals surface area (Å²) in [7, 11) is 0. The Labute approximate surface area is 182 Å². The molecule has 0 spiro atoms. The van der Waals surface area contributed by atoms with Gasteiger partial charge in [-0.2, -0.15) is 4.99 Å². The van der Waals surface area contributed by atoms with Crippen LogP contribution in [0.4, 0.5) is 4.39 Å². The van der Waals surface area contributed by atoms with Gasteiger partial charge in [-0.15, -0.1) is 11.8 Å². The SMILES string of the molecule is CCOC(=O)Cn1c(=NC(=O)CCSc2ccc(F)cc2)sc2cc(C)c(C)cc21. The van der Waals surface area contributed by atoms with Gasteiger partial charge >= 0.3 is 5.97 Å². The lowest BCUT2D eigenvalue weighted by atomic mass is 10.1. The Morgan fingerprint density at radius 3 is 2.57 bits per heavy atom. The zero-order chi connectivity index (χ0) is 21.7. The third kappa shape index (κ3) is 5.58. The van der Waals surface area contributed by atoms with E-state index in [4.69, 9.17) is 4.74 Å². The number of hydrogen-bond donors (Lipinski definition) is 0. The minimum atomic E-state index is -0.365. The molecule has 2 aromatic carbocycles. The van der Waals surface area contributed by atoms with Crippen LogP contribution in [-0.2, 0) is 20.9 Å². The number of thiazole rings is 1. The lowest BCUT2D eigenvalue weighted by Gasteiger charge is -2.06. The van der Waals surface area contributed by atoms with Gasteiger partial charge in [-0.05, 0) is 68.3 Å². The van der Waals surface area contributed by atoms with E-state index in [-0.39, 0.29) is 30.7 Å². The highest BCUT2D eigenvalue weighted by Crippen LogP contribution is 2.22. The van der Waals surface area contributed by atoms with Gasteiger partial charge in [0.25, 0.3) is 0 Å². The van der Waals surface area contributed by atoms with E-state index in [2.05, 4.69) is 4.99 Å². The molecule has 30 heavy (non-hydrogen) atoms. The van der Waals surface area contributed by atoms with Crippen molar-refractivity contribution in [2.75, 3.05) is 12.4 Å². The average Bonchev–Trinajstić information content (AvgIpc) is 3.00. The van der Waals surface area contributed by atoms with Crippen molar-refractivity contribution in [1.82, 2.24) is 4.57 Å². The lowest BCUT2D eigenvalue weighted by molar-refractivity contribution is -0.143. The zero-order valence-corrected chi connectivity index (χ0v) is 18.7. The first kappa shape index (κ1) is 22.2. The Morgan fingerprint density at radius 2 is 1.87 bits per heavy atom. The molecule has 0 atom stereocenters. The van der Waals surface area contributed by atoms with Crippen LogP contribution in [0.2, 0.25) is 0 Å². The van der Waals surface area contributed by atoms with E-state index < -0.39 is 0 Å². The molecule has 8 heteroatoms. The third-order valence-corrected chi connectivity index (χ3v) is 6.56. The fourth-order valence-corrected chi connectivity index (χ4v) is 4.81. The molecule has 0 aliphatic rings. The van der Waals surface area contributed by atoms with Crippen LogP contribution >= 0.6 is 23.1 Å². The van der Waals surface area contributed by atoms with Crippen LogP contribution in [0.1, 0.15) is 24.5 Å². The predicted octanol–water partition coefficient (Wildman–Crippen LogP) is 4.63. The van der Waals surface area contributed by atoms with E-state index in [1.54, 1.807) is 23.6 Å². The molecule has 1 amide bonds. The molecule has 0 aliphatic heterocycles.